The summed E-state index contributed by atoms with van der Waals surface area (Å²) in [6, 6.07) is 3.70. The van der Waals surface area contributed by atoms with Gasteiger partial charge in [-0.25, -0.2) is 0 Å². The van der Waals surface area contributed by atoms with Crippen molar-refractivity contribution in [3.05, 3.63) is 27.7 Å². The fourth-order valence-corrected chi connectivity index (χ4v) is 2.70. The van der Waals surface area contributed by atoms with E-state index in [1.807, 2.05) is 13.0 Å². The van der Waals surface area contributed by atoms with Crippen LogP contribution in [0.25, 0.3) is 0 Å². The second kappa shape index (κ2) is 5.08. The Kier molecular flexibility index (Phi) is 3.72. The maximum Gasteiger partial charge on any atom is 0.306 e. The molecule has 0 amide bonds. The van der Waals surface area contributed by atoms with E-state index >= 15 is 0 Å². The van der Waals surface area contributed by atoms with E-state index in [1.54, 1.807) is 6.07 Å². The minimum absolute atomic E-state index is 0.144. The first kappa shape index (κ1) is 12.4. The highest BCUT2D eigenvalue weighted by atomic mass is 79.9. The zero-order valence-corrected chi connectivity index (χ0v) is 11.3. The summed E-state index contributed by atoms with van der Waals surface area (Å²) in [5.74, 6) is 0.344. The average molecular weight is 299 g/mol. The first-order chi connectivity index (χ1) is 8.11. The fourth-order valence-electron chi connectivity index (χ4n) is 2.34. The lowest BCUT2D eigenvalue weighted by atomic mass is 9.98. The van der Waals surface area contributed by atoms with Crippen LogP contribution < -0.4 is 0 Å². The summed E-state index contributed by atoms with van der Waals surface area (Å²) >= 11 is 3.31. The summed E-state index contributed by atoms with van der Waals surface area (Å²) < 4.78 is 5.66. The third kappa shape index (κ3) is 2.63. The minimum atomic E-state index is -0.144. The number of esters is 1. The first-order valence-electron chi connectivity index (χ1n) is 5.78. The lowest BCUT2D eigenvalue weighted by Crippen LogP contribution is -2.08. The maximum absolute atomic E-state index is 11.5. The van der Waals surface area contributed by atoms with E-state index in [1.165, 1.54) is 0 Å². The Morgan fingerprint density at radius 3 is 3.06 bits per heavy atom. The Morgan fingerprint density at radius 1 is 1.59 bits per heavy atom. The standard InChI is InChI=1S/C13H15BrO3/c1-2-17-13(16)6-9-4-3-8-5-12(15)11(14)7-10(8)9/h5,7,9,15H,2-4,6H2,1H3. The molecular weight excluding hydrogens is 284 g/mol. The van der Waals surface area contributed by atoms with E-state index in [4.69, 9.17) is 4.74 Å². The van der Waals surface area contributed by atoms with Crippen molar-refractivity contribution in [2.24, 2.45) is 0 Å². The van der Waals surface area contributed by atoms with Gasteiger partial charge in [0.1, 0.15) is 5.75 Å². The van der Waals surface area contributed by atoms with E-state index in [0.29, 0.717) is 17.5 Å². The molecule has 1 aromatic rings. The molecule has 0 spiro atoms. The van der Waals surface area contributed by atoms with Gasteiger partial charge in [-0.1, -0.05) is 0 Å². The van der Waals surface area contributed by atoms with Gasteiger partial charge in [-0.2, -0.15) is 0 Å². The van der Waals surface area contributed by atoms with Crippen LogP contribution in [0.2, 0.25) is 0 Å². The van der Waals surface area contributed by atoms with Gasteiger partial charge in [0.05, 0.1) is 17.5 Å². The molecule has 92 valence electrons. The Bertz CT molecular complexity index is 443. The Labute approximate surface area is 109 Å². The molecule has 0 saturated carbocycles. The van der Waals surface area contributed by atoms with E-state index in [0.717, 1.165) is 24.0 Å². The molecule has 0 fully saturated rings. The van der Waals surface area contributed by atoms with Crippen LogP contribution in [-0.4, -0.2) is 17.7 Å². The van der Waals surface area contributed by atoms with Gasteiger partial charge in [0.25, 0.3) is 0 Å². The molecule has 2 rings (SSSR count). The number of fused-ring (bicyclic) bond motifs is 1. The van der Waals surface area contributed by atoms with Crippen LogP contribution in [0, 0.1) is 0 Å². The van der Waals surface area contributed by atoms with Crippen molar-refractivity contribution in [2.75, 3.05) is 6.61 Å². The number of hydrogen-bond acceptors (Lipinski definition) is 3. The molecule has 1 aliphatic rings. The average Bonchev–Trinajstić information content (AvgIpc) is 2.63. The molecular formula is C13H15BrO3. The van der Waals surface area contributed by atoms with Crippen molar-refractivity contribution < 1.29 is 14.6 Å². The summed E-state index contributed by atoms with van der Waals surface area (Å²) in [4.78, 5) is 11.5. The monoisotopic (exact) mass is 298 g/mol. The van der Waals surface area contributed by atoms with Gasteiger partial charge in [-0.15, -0.1) is 0 Å². The number of ether oxygens (including phenoxy) is 1. The van der Waals surface area contributed by atoms with Crippen molar-refractivity contribution in [1.29, 1.82) is 0 Å². The zero-order valence-electron chi connectivity index (χ0n) is 9.70. The van der Waals surface area contributed by atoms with Gasteiger partial charge in [0.15, 0.2) is 0 Å². The van der Waals surface area contributed by atoms with Gasteiger partial charge in [-0.3, -0.25) is 4.79 Å². The largest absolute Gasteiger partial charge is 0.507 e. The quantitative estimate of drug-likeness (QED) is 0.872. The summed E-state index contributed by atoms with van der Waals surface area (Å²) in [5.41, 5.74) is 2.29. The number of carbonyl (C=O) groups excluding carboxylic acids is 1. The first-order valence-corrected chi connectivity index (χ1v) is 6.58. The lowest BCUT2D eigenvalue weighted by molar-refractivity contribution is -0.143. The molecule has 0 aromatic heterocycles. The Hall–Kier alpha value is -1.03. The molecule has 0 bridgehead atoms. The third-order valence-electron chi connectivity index (χ3n) is 3.13. The van der Waals surface area contributed by atoms with Crippen molar-refractivity contribution >= 4 is 21.9 Å². The zero-order chi connectivity index (χ0) is 12.4. The molecule has 1 aliphatic carbocycles. The van der Waals surface area contributed by atoms with Gasteiger partial charge in [0, 0.05) is 0 Å². The molecule has 4 heteroatoms. The second-order valence-corrected chi connectivity index (χ2v) is 5.10. The van der Waals surface area contributed by atoms with Crippen LogP contribution in [-0.2, 0) is 16.0 Å². The molecule has 0 aliphatic heterocycles. The van der Waals surface area contributed by atoms with E-state index in [9.17, 15) is 9.90 Å². The second-order valence-electron chi connectivity index (χ2n) is 4.25. The smallest absolute Gasteiger partial charge is 0.306 e. The highest BCUT2D eigenvalue weighted by Crippen LogP contribution is 2.40. The van der Waals surface area contributed by atoms with Crippen LogP contribution in [0.1, 0.15) is 36.8 Å². The minimum Gasteiger partial charge on any atom is -0.507 e. The summed E-state index contributed by atoms with van der Waals surface area (Å²) in [5, 5.41) is 9.60. The summed E-state index contributed by atoms with van der Waals surface area (Å²) in [6.07, 6.45) is 2.29. The Morgan fingerprint density at radius 2 is 2.35 bits per heavy atom. The SMILES string of the molecule is CCOC(=O)CC1CCc2cc(O)c(Br)cc21. The molecule has 17 heavy (non-hydrogen) atoms. The molecule has 0 saturated heterocycles. The number of carbonyl (C=O) groups is 1. The van der Waals surface area contributed by atoms with Crippen LogP contribution in [0.15, 0.2) is 16.6 Å². The highest BCUT2D eigenvalue weighted by Gasteiger charge is 2.26. The number of rotatable bonds is 3. The molecule has 1 aromatic carbocycles. The molecule has 1 atom stereocenters. The van der Waals surface area contributed by atoms with Gasteiger partial charge in [-0.05, 0) is 64.9 Å². The lowest BCUT2D eigenvalue weighted by Gasteiger charge is -2.11. The van der Waals surface area contributed by atoms with Gasteiger partial charge in [0.2, 0.25) is 0 Å². The number of aromatic hydroxyl groups is 1. The number of phenolic OH excluding ortho intramolecular Hbond substituents is 1. The van der Waals surface area contributed by atoms with Crippen molar-refractivity contribution in [1.82, 2.24) is 0 Å². The van der Waals surface area contributed by atoms with Crippen molar-refractivity contribution in [3.63, 3.8) is 0 Å². The van der Waals surface area contributed by atoms with Crippen molar-refractivity contribution in [2.45, 2.75) is 32.1 Å². The molecule has 3 nitrogen and oxygen atoms in total. The van der Waals surface area contributed by atoms with E-state index < -0.39 is 0 Å². The number of halogens is 1. The Balaban J connectivity index is 2.16. The van der Waals surface area contributed by atoms with Crippen LogP contribution in [0.4, 0.5) is 0 Å². The number of aryl methyl sites for hydroxylation is 1. The normalized spacial score (nSPS) is 17.9. The van der Waals surface area contributed by atoms with Crippen LogP contribution in [0.3, 0.4) is 0 Å². The topological polar surface area (TPSA) is 46.5 Å². The third-order valence-corrected chi connectivity index (χ3v) is 3.76. The molecule has 0 heterocycles. The van der Waals surface area contributed by atoms with Crippen LogP contribution in [0.5, 0.6) is 5.75 Å². The van der Waals surface area contributed by atoms with E-state index in [-0.39, 0.29) is 17.6 Å². The van der Waals surface area contributed by atoms with Gasteiger partial charge >= 0.3 is 5.97 Å². The summed E-state index contributed by atoms with van der Waals surface area (Å²) in [6.45, 7) is 2.24. The predicted molar refractivity (Wildman–Crippen MR) is 68.1 cm³/mol. The summed E-state index contributed by atoms with van der Waals surface area (Å²) in [7, 11) is 0. The number of benzene rings is 1. The maximum atomic E-state index is 11.5. The molecule has 0 radical (unpaired) electrons. The molecule has 1 N–H and O–H groups in total. The van der Waals surface area contributed by atoms with Crippen LogP contribution >= 0.6 is 15.9 Å². The van der Waals surface area contributed by atoms with Gasteiger partial charge < -0.3 is 9.84 Å². The molecule has 1 unspecified atom stereocenters. The predicted octanol–water partition coefficient (Wildman–Crippen LogP) is 3.14. The number of hydrogen-bond donors (Lipinski definition) is 1. The number of phenols is 1. The van der Waals surface area contributed by atoms with Crippen molar-refractivity contribution in [3.8, 4) is 5.75 Å². The highest BCUT2D eigenvalue weighted by molar-refractivity contribution is 9.10. The van der Waals surface area contributed by atoms with E-state index in [2.05, 4.69) is 15.9 Å². The fraction of sp³-hybridized carbons (Fsp3) is 0.462.